The molecule has 39 heavy (non-hydrogen) atoms. The largest absolute Gasteiger partial charge is 0.459 e. The van der Waals surface area contributed by atoms with Crippen LogP contribution in [0.15, 0.2) is 54.6 Å². The number of epoxide rings is 1. The van der Waals surface area contributed by atoms with E-state index < -0.39 is 36.0 Å². The van der Waals surface area contributed by atoms with Gasteiger partial charge in [-0.2, -0.15) is 0 Å². The van der Waals surface area contributed by atoms with Crippen LogP contribution in [-0.2, 0) is 33.3 Å². The van der Waals surface area contributed by atoms with Crippen LogP contribution in [0.1, 0.15) is 71.1 Å². The number of hydrogen-bond donors (Lipinski definition) is 0. The first-order valence-corrected chi connectivity index (χ1v) is 15.1. The zero-order valence-electron chi connectivity index (χ0n) is 23.2. The Labute approximate surface area is 229 Å². The van der Waals surface area contributed by atoms with Gasteiger partial charge in [-0.05, 0) is 61.3 Å². The second kappa shape index (κ2) is 11.5. The quantitative estimate of drug-likeness (QED) is 0.0954. The molecule has 1 aliphatic heterocycles. The average Bonchev–Trinajstić information content (AvgIpc) is 3.67. The number of benzene rings is 2. The summed E-state index contributed by atoms with van der Waals surface area (Å²) in [4.78, 5) is 24.7. The summed E-state index contributed by atoms with van der Waals surface area (Å²) < 4.78 is 37.5. The number of hydrogen-bond acceptors (Lipinski definition) is 8. The fourth-order valence-corrected chi connectivity index (χ4v) is 7.93. The lowest BCUT2D eigenvalue weighted by Crippen LogP contribution is -2.45. The van der Waals surface area contributed by atoms with E-state index in [1.807, 2.05) is 18.2 Å². The maximum atomic E-state index is 14.1. The van der Waals surface area contributed by atoms with Crippen LogP contribution in [0.25, 0.3) is 0 Å². The lowest BCUT2D eigenvalue weighted by molar-refractivity contribution is -0.384. The maximum Gasteiger partial charge on any atom is 0.377 e. The Kier molecular flexibility index (Phi) is 8.67. The fraction of sp³-hybridized carbons (Fsp3) is 0.552. The lowest BCUT2D eigenvalue weighted by atomic mass is 9.64. The normalized spacial score (nSPS) is 27.1. The first kappa shape index (κ1) is 29.4. The molecule has 0 aromatic heterocycles. The van der Waals surface area contributed by atoms with E-state index in [1.165, 1.54) is 24.3 Å². The molecule has 1 saturated carbocycles. The third kappa shape index (κ3) is 5.55. The molecule has 4 rings (SSSR count). The van der Waals surface area contributed by atoms with Gasteiger partial charge in [-0.15, -0.1) is 0 Å². The monoisotopic (exact) mass is 559 g/mol. The molecule has 2 aromatic carbocycles. The molecule has 0 amide bonds. The molecule has 1 aliphatic carbocycles. The van der Waals surface area contributed by atoms with Gasteiger partial charge in [-0.25, -0.2) is 4.79 Å². The van der Waals surface area contributed by atoms with Gasteiger partial charge in [0.1, 0.15) is 12.2 Å². The lowest BCUT2D eigenvalue weighted by Gasteiger charge is -2.44. The van der Waals surface area contributed by atoms with Crippen molar-refractivity contribution in [3.8, 4) is 0 Å². The first-order chi connectivity index (χ1) is 18.5. The van der Waals surface area contributed by atoms with Crippen LogP contribution >= 0.6 is 7.60 Å². The Morgan fingerprint density at radius 2 is 1.69 bits per heavy atom. The van der Waals surface area contributed by atoms with E-state index in [-0.39, 0.29) is 30.2 Å². The number of nitro groups is 1. The summed E-state index contributed by atoms with van der Waals surface area (Å²) >= 11 is 0. The maximum absolute atomic E-state index is 14.1. The van der Waals surface area contributed by atoms with Crippen LogP contribution in [0.3, 0.4) is 0 Å². The molecule has 0 radical (unpaired) electrons. The summed E-state index contributed by atoms with van der Waals surface area (Å²) in [5.41, 5.74) is 1.22. The number of nitrogens with zero attached hydrogens (tertiary/aromatic N) is 1. The highest BCUT2D eigenvalue weighted by Gasteiger charge is 2.78. The van der Waals surface area contributed by atoms with Crippen molar-refractivity contribution < 1.29 is 32.8 Å². The van der Waals surface area contributed by atoms with Gasteiger partial charge in [0.05, 0.1) is 18.1 Å². The second-order valence-corrected chi connectivity index (χ2v) is 13.1. The number of non-ortho nitro benzene ring substituents is 1. The third-order valence-corrected chi connectivity index (χ3v) is 10.6. The van der Waals surface area contributed by atoms with Crippen molar-refractivity contribution in [3.63, 3.8) is 0 Å². The number of carbonyl (C=O) groups excluding carboxylic acids is 1. The summed E-state index contributed by atoms with van der Waals surface area (Å²) in [6.07, 6.45) is 1.12. The van der Waals surface area contributed by atoms with E-state index in [0.717, 1.165) is 18.4 Å². The number of ether oxygens (including phenoxy) is 2. The highest BCUT2D eigenvalue weighted by molar-refractivity contribution is 7.57. The minimum absolute atomic E-state index is 0.0206. The smallest absolute Gasteiger partial charge is 0.377 e. The van der Waals surface area contributed by atoms with E-state index in [9.17, 15) is 19.5 Å². The molecular formula is C29H38NO8P. The summed E-state index contributed by atoms with van der Waals surface area (Å²) in [5.74, 6) is -0.422. The van der Waals surface area contributed by atoms with Crippen molar-refractivity contribution in [1.82, 2.24) is 0 Å². The molecule has 10 heteroatoms. The van der Waals surface area contributed by atoms with Crippen molar-refractivity contribution in [2.24, 2.45) is 11.8 Å². The molecule has 1 heterocycles. The molecule has 0 unspecified atom stereocenters. The van der Waals surface area contributed by atoms with E-state index in [2.05, 4.69) is 32.9 Å². The Morgan fingerprint density at radius 3 is 2.26 bits per heavy atom. The van der Waals surface area contributed by atoms with Gasteiger partial charge in [0, 0.05) is 18.1 Å². The van der Waals surface area contributed by atoms with Gasteiger partial charge in [0.15, 0.2) is 0 Å². The molecule has 9 nitrogen and oxygen atoms in total. The van der Waals surface area contributed by atoms with Crippen molar-refractivity contribution in [2.75, 3.05) is 13.2 Å². The molecule has 2 aliphatic rings. The Hall–Kier alpha value is -2.58. The number of nitro benzene ring substituents is 1. The minimum atomic E-state index is -4.15. The highest BCUT2D eigenvalue weighted by atomic mass is 31.2. The summed E-state index contributed by atoms with van der Waals surface area (Å²) in [6, 6.07) is 15.8. The highest BCUT2D eigenvalue weighted by Crippen LogP contribution is 2.75. The molecule has 2 aromatic rings. The van der Waals surface area contributed by atoms with Crippen molar-refractivity contribution in [2.45, 2.75) is 76.8 Å². The Balaban J connectivity index is 1.69. The van der Waals surface area contributed by atoms with Crippen molar-refractivity contribution in [1.29, 1.82) is 0 Å². The van der Waals surface area contributed by atoms with Crippen LogP contribution in [0.2, 0.25) is 0 Å². The zero-order chi connectivity index (χ0) is 28.4. The molecule has 212 valence electrons. The van der Waals surface area contributed by atoms with Crippen LogP contribution in [0, 0.1) is 22.0 Å². The van der Waals surface area contributed by atoms with Crippen LogP contribution < -0.4 is 0 Å². The van der Waals surface area contributed by atoms with Gasteiger partial charge in [0.25, 0.3) is 11.0 Å². The zero-order valence-corrected chi connectivity index (χ0v) is 24.1. The molecule has 2 fully saturated rings. The van der Waals surface area contributed by atoms with E-state index >= 15 is 0 Å². The third-order valence-electron chi connectivity index (χ3n) is 8.06. The van der Waals surface area contributed by atoms with Crippen LogP contribution in [0.4, 0.5) is 5.69 Å². The van der Waals surface area contributed by atoms with Crippen LogP contribution in [0.5, 0.6) is 0 Å². The molecule has 1 saturated heterocycles. The minimum Gasteiger partial charge on any atom is -0.459 e. The Bertz CT molecular complexity index is 1210. The molecule has 5 atom stereocenters. The van der Waals surface area contributed by atoms with E-state index in [1.54, 1.807) is 13.8 Å². The molecule has 0 spiro atoms. The summed E-state index contributed by atoms with van der Waals surface area (Å²) in [5, 5.41) is 9.15. The summed E-state index contributed by atoms with van der Waals surface area (Å²) in [7, 11) is -4.15. The fourth-order valence-electron chi connectivity index (χ4n) is 5.84. The molecule has 0 bridgehead atoms. The number of rotatable bonds is 11. The molecular weight excluding hydrogens is 521 g/mol. The van der Waals surface area contributed by atoms with Gasteiger partial charge in [-0.1, -0.05) is 57.5 Å². The van der Waals surface area contributed by atoms with E-state index in [0.29, 0.717) is 17.9 Å². The van der Waals surface area contributed by atoms with Crippen molar-refractivity contribution >= 4 is 19.3 Å². The van der Waals surface area contributed by atoms with E-state index in [4.69, 9.17) is 18.5 Å². The standard InChI is InChI=1S/C29H38NO8P/c1-6-35-39(34,36-7-2)29(26(38-29)21-14-16-23(17-15-21)30(32)33)27(31)37-25-19-20(3)13-18-24(25)28(4,5)22-11-9-8-10-12-22/h8-12,14-17,20,24-26H,6-7,13,18-19H2,1-5H3/t20-,24-,25-,26+,29-/m1/s1. The topological polar surface area (TPSA) is 118 Å². The van der Waals surface area contributed by atoms with Gasteiger partial charge >= 0.3 is 13.6 Å². The van der Waals surface area contributed by atoms with Gasteiger partial charge in [0.2, 0.25) is 0 Å². The number of esters is 1. The average molecular weight is 560 g/mol. The van der Waals surface area contributed by atoms with Crippen molar-refractivity contribution in [3.05, 3.63) is 75.8 Å². The van der Waals surface area contributed by atoms with Crippen LogP contribution in [-0.4, -0.2) is 35.6 Å². The summed E-state index contributed by atoms with van der Waals surface area (Å²) in [6.45, 7) is 9.86. The first-order valence-electron chi connectivity index (χ1n) is 13.6. The predicted molar refractivity (Wildman–Crippen MR) is 146 cm³/mol. The predicted octanol–water partition coefficient (Wildman–Crippen LogP) is 6.95. The second-order valence-electron chi connectivity index (χ2n) is 10.9. The Morgan fingerprint density at radius 1 is 1.08 bits per heavy atom. The van der Waals surface area contributed by atoms with Gasteiger partial charge < -0.3 is 18.5 Å². The number of carbonyl (C=O) groups is 1. The van der Waals surface area contributed by atoms with Gasteiger partial charge in [-0.3, -0.25) is 14.7 Å². The SMILES string of the molecule is CCOP(=O)(OCC)[C@]1(C(=O)O[C@@H]2C[C@H](C)CC[C@H]2C(C)(C)c2ccccc2)O[C@H]1c1ccc([N+](=O)[O-])cc1. The molecule has 0 N–H and O–H groups in total.